The second kappa shape index (κ2) is 7.07. The molecule has 0 aliphatic rings. The van der Waals surface area contributed by atoms with Crippen LogP contribution >= 0.6 is 11.6 Å². The van der Waals surface area contributed by atoms with Gasteiger partial charge in [-0.1, -0.05) is 23.7 Å². The largest absolute Gasteiger partial charge is 0.318 e. The van der Waals surface area contributed by atoms with Gasteiger partial charge < -0.3 is 10.6 Å². The molecule has 23 heavy (non-hydrogen) atoms. The number of hydrogen-bond donors (Lipinski definition) is 2. The van der Waals surface area contributed by atoms with Crippen LogP contribution in [0.3, 0.4) is 0 Å². The second-order valence-electron chi connectivity index (χ2n) is 5.00. The summed E-state index contributed by atoms with van der Waals surface area (Å²) in [5.74, 6) is -1.74. The van der Waals surface area contributed by atoms with Crippen LogP contribution in [0.1, 0.15) is 22.8 Å². The average Bonchev–Trinajstić information content (AvgIpc) is 2.50. The summed E-state index contributed by atoms with van der Waals surface area (Å²) in [6.45, 7) is 3.20. The van der Waals surface area contributed by atoms with Gasteiger partial charge in [-0.25, -0.2) is 0 Å². The molecule has 0 radical (unpaired) electrons. The molecule has 0 bridgehead atoms. The predicted molar refractivity (Wildman–Crippen MR) is 89.9 cm³/mol. The number of benzene rings is 2. The highest BCUT2D eigenvalue weighted by atomic mass is 35.5. The molecule has 0 aliphatic heterocycles. The summed E-state index contributed by atoms with van der Waals surface area (Å²) >= 11 is 5.84. The van der Waals surface area contributed by atoms with Crippen LogP contribution in [0.15, 0.2) is 42.5 Å². The number of carbonyl (C=O) groups excluding carboxylic acids is 3. The highest BCUT2D eigenvalue weighted by Gasteiger charge is 2.15. The summed E-state index contributed by atoms with van der Waals surface area (Å²) < 4.78 is 0. The van der Waals surface area contributed by atoms with Crippen molar-refractivity contribution < 1.29 is 14.4 Å². The van der Waals surface area contributed by atoms with E-state index in [1.165, 1.54) is 13.0 Å². The quantitative estimate of drug-likeness (QED) is 0.668. The normalized spacial score (nSPS) is 10.0. The molecule has 2 N–H and O–H groups in total. The lowest BCUT2D eigenvalue weighted by molar-refractivity contribution is -0.133. The minimum atomic E-state index is -0.819. The number of Topliss-reactive ketones (excluding diaryl/α,β-unsaturated/α-hetero) is 1. The molecule has 0 saturated carbocycles. The number of ketones is 1. The molecule has 2 amide bonds. The Hall–Kier alpha value is -2.66. The molecule has 2 rings (SSSR count). The molecule has 5 nitrogen and oxygen atoms in total. The van der Waals surface area contributed by atoms with Crippen molar-refractivity contribution in [3.8, 4) is 0 Å². The van der Waals surface area contributed by atoms with E-state index in [0.717, 1.165) is 5.56 Å². The molecule has 0 aliphatic carbocycles. The molecular weight excluding hydrogens is 316 g/mol. The zero-order chi connectivity index (χ0) is 17.0. The molecular formula is C17H15ClN2O3. The van der Waals surface area contributed by atoms with Gasteiger partial charge in [0.25, 0.3) is 0 Å². The van der Waals surface area contributed by atoms with Crippen molar-refractivity contribution in [3.63, 3.8) is 0 Å². The van der Waals surface area contributed by atoms with Gasteiger partial charge in [0.05, 0.1) is 0 Å². The number of aryl methyl sites for hydroxylation is 1. The fraction of sp³-hybridized carbons (Fsp3) is 0.118. The number of amides is 2. The van der Waals surface area contributed by atoms with E-state index in [9.17, 15) is 14.4 Å². The van der Waals surface area contributed by atoms with Crippen molar-refractivity contribution in [2.75, 3.05) is 10.6 Å². The molecule has 0 saturated heterocycles. The molecule has 0 heterocycles. The van der Waals surface area contributed by atoms with Gasteiger partial charge in [-0.3, -0.25) is 14.4 Å². The van der Waals surface area contributed by atoms with E-state index in [2.05, 4.69) is 10.6 Å². The zero-order valence-corrected chi connectivity index (χ0v) is 13.4. The van der Waals surface area contributed by atoms with Crippen molar-refractivity contribution in [3.05, 3.63) is 58.6 Å². The molecule has 0 fully saturated rings. The fourth-order valence-electron chi connectivity index (χ4n) is 1.95. The van der Waals surface area contributed by atoms with Crippen LogP contribution in [-0.4, -0.2) is 17.6 Å². The minimum Gasteiger partial charge on any atom is -0.318 e. The Labute approximate surface area is 138 Å². The molecule has 0 spiro atoms. The van der Waals surface area contributed by atoms with Crippen molar-refractivity contribution >= 4 is 40.6 Å². The van der Waals surface area contributed by atoms with Crippen molar-refractivity contribution in [1.82, 2.24) is 0 Å². The van der Waals surface area contributed by atoms with E-state index in [1.807, 2.05) is 0 Å². The van der Waals surface area contributed by atoms with Gasteiger partial charge in [-0.15, -0.1) is 0 Å². The lowest BCUT2D eigenvalue weighted by atomic mass is 10.1. The number of carbonyl (C=O) groups is 3. The van der Waals surface area contributed by atoms with Crippen LogP contribution in [0, 0.1) is 6.92 Å². The molecule has 2 aromatic carbocycles. The van der Waals surface area contributed by atoms with E-state index in [0.29, 0.717) is 22.0 Å². The average molecular weight is 331 g/mol. The van der Waals surface area contributed by atoms with Crippen LogP contribution < -0.4 is 10.6 Å². The van der Waals surface area contributed by atoms with Crippen LogP contribution in [0.4, 0.5) is 11.4 Å². The summed E-state index contributed by atoms with van der Waals surface area (Å²) in [5, 5.41) is 5.52. The monoisotopic (exact) mass is 330 g/mol. The van der Waals surface area contributed by atoms with Crippen LogP contribution in [0.25, 0.3) is 0 Å². The second-order valence-corrected chi connectivity index (χ2v) is 5.44. The van der Waals surface area contributed by atoms with E-state index in [-0.39, 0.29) is 5.78 Å². The van der Waals surface area contributed by atoms with Gasteiger partial charge in [0.15, 0.2) is 5.78 Å². The Morgan fingerprint density at radius 1 is 0.957 bits per heavy atom. The fourth-order valence-corrected chi connectivity index (χ4v) is 2.18. The van der Waals surface area contributed by atoms with Crippen LogP contribution in [0.2, 0.25) is 5.02 Å². The van der Waals surface area contributed by atoms with Gasteiger partial charge in [0.2, 0.25) is 0 Å². The van der Waals surface area contributed by atoms with E-state index < -0.39 is 11.8 Å². The summed E-state index contributed by atoms with van der Waals surface area (Å²) in [6.07, 6.45) is 0. The first kappa shape index (κ1) is 16.7. The van der Waals surface area contributed by atoms with Gasteiger partial charge in [0.1, 0.15) is 0 Å². The molecule has 6 heteroatoms. The Bertz CT molecular complexity index is 787. The Morgan fingerprint density at radius 3 is 2.30 bits per heavy atom. The number of rotatable bonds is 3. The molecule has 0 aromatic heterocycles. The van der Waals surface area contributed by atoms with Crippen LogP contribution in [-0.2, 0) is 9.59 Å². The Balaban J connectivity index is 2.07. The van der Waals surface area contributed by atoms with E-state index in [4.69, 9.17) is 11.6 Å². The highest BCUT2D eigenvalue weighted by molar-refractivity contribution is 6.43. The number of halogens is 1. The lowest BCUT2D eigenvalue weighted by Gasteiger charge is -2.09. The Morgan fingerprint density at radius 2 is 1.65 bits per heavy atom. The topological polar surface area (TPSA) is 75.3 Å². The molecule has 0 atom stereocenters. The first-order chi connectivity index (χ1) is 10.9. The third-order valence-electron chi connectivity index (χ3n) is 3.17. The third kappa shape index (κ3) is 4.40. The maximum Gasteiger partial charge on any atom is 0.314 e. The third-order valence-corrected chi connectivity index (χ3v) is 3.40. The SMILES string of the molecule is CC(=O)c1cccc(NC(=O)C(=O)Nc2ccc(Cl)cc2C)c1. The Kier molecular flexibility index (Phi) is 5.13. The van der Waals surface area contributed by atoms with E-state index in [1.54, 1.807) is 43.3 Å². The lowest BCUT2D eigenvalue weighted by Crippen LogP contribution is -2.29. The number of hydrogen-bond acceptors (Lipinski definition) is 3. The van der Waals surface area contributed by atoms with Gasteiger partial charge in [-0.2, -0.15) is 0 Å². The number of nitrogens with one attached hydrogen (secondary N) is 2. The van der Waals surface area contributed by atoms with Crippen molar-refractivity contribution in [1.29, 1.82) is 0 Å². The first-order valence-electron chi connectivity index (χ1n) is 6.86. The van der Waals surface area contributed by atoms with Crippen LogP contribution in [0.5, 0.6) is 0 Å². The van der Waals surface area contributed by atoms with Crippen molar-refractivity contribution in [2.24, 2.45) is 0 Å². The zero-order valence-electron chi connectivity index (χ0n) is 12.6. The maximum atomic E-state index is 11.9. The van der Waals surface area contributed by atoms with E-state index >= 15 is 0 Å². The predicted octanol–water partition coefficient (Wildman–Crippen LogP) is 3.43. The smallest absolute Gasteiger partial charge is 0.314 e. The first-order valence-corrected chi connectivity index (χ1v) is 7.24. The standard InChI is InChI=1S/C17H15ClN2O3/c1-10-8-13(18)6-7-15(10)20-17(23)16(22)19-14-5-3-4-12(9-14)11(2)21/h3-9H,1-2H3,(H,19,22)(H,20,23). The molecule has 0 unspecified atom stereocenters. The minimum absolute atomic E-state index is 0.123. The van der Waals surface area contributed by atoms with Gasteiger partial charge >= 0.3 is 11.8 Å². The molecule has 2 aromatic rings. The summed E-state index contributed by atoms with van der Waals surface area (Å²) in [4.78, 5) is 35.2. The number of anilines is 2. The van der Waals surface area contributed by atoms with Gasteiger partial charge in [0, 0.05) is 22.0 Å². The maximum absolute atomic E-state index is 11.9. The van der Waals surface area contributed by atoms with Gasteiger partial charge in [-0.05, 0) is 49.7 Å². The molecule has 118 valence electrons. The summed E-state index contributed by atoms with van der Waals surface area (Å²) in [6, 6.07) is 11.3. The summed E-state index contributed by atoms with van der Waals surface area (Å²) in [5.41, 5.74) is 2.09. The highest BCUT2D eigenvalue weighted by Crippen LogP contribution is 2.19. The summed E-state index contributed by atoms with van der Waals surface area (Å²) in [7, 11) is 0. The van der Waals surface area contributed by atoms with Crippen molar-refractivity contribution in [2.45, 2.75) is 13.8 Å².